The van der Waals surface area contributed by atoms with Crippen LogP contribution in [0.4, 0.5) is 5.69 Å². The van der Waals surface area contributed by atoms with Crippen LogP contribution in [0, 0.1) is 37.0 Å². The average Bonchev–Trinajstić information content (AvgIpc) is 2.92. The van der Waals surface area contributed by atoms with Crippen LogP contribution in [0.1, 0.15) is 63.8 Å². The lowest BCUT2D eigenvalue weighted by molar-refractivity contribution is -0.158. The minimum Gasteiger partial charge on any atom is -0.451 e. The third kappa shape index (κ3) is 4.08. The summed E-state index contributed by atoms with van der Waals surface area (Å²) in [5.74, 6) is 0.925. The van der Waals surface area contributed by atoms with E-state index < -0.39 is 24.0 Å². The van der Waals surface area contributed by atoms with Gasteiger partial charge in [-0.2, -0.15) is 5.10 Å². The van der Waals surface area contributed by atoms with Gasteiger partial charge < -0.3 is 15.4 Å². The second-order valence-corrected chi connectivity index (χ2v) is 10.1. The van der Waals surface area contributed by atoms with Crippen LogP contribution in [0.2, 0.25) is 0 Å². The van der Waals surface area contributed by atoms with E-state index in [1.807, 2.05) is 6.92 Å². The van der Waals surface area contributed by atoms with Crippen molar-refractivity contribution < 1.29 is 19.1 Å². The van der Waals surface area contributed by atoms with Crippen LogP contribution in [-0.2, 0) is 26.2 Å². The van der Waals surface area contributed by atoms with Gasteiger partial charge in [-0.15, -0.1) is 0 Å². The Morgan fingerprint density at radius 1 is 1.06 bits per heavy atom. The Bertz CT molecular complexity index is 870. The highest BCUT2D eigenvalue weighted by Crippen LogP contribution is 2.60. The Morgan fingerprint density at radius 2 is 1.61 bits per heavy atom. The van der Waals surface area contributed by atoms with Crippen LogP contribution >= 0.6 is 0 Å². The van der Waals surface area contributed by atoms with Gasteiger partial charge in [0.1, 0.15) is 6.04 Å². The smallest absolute Gasteiger partial charge is 0.329 e. The Hall–Kier alpha value is -2.38. The number of aromatic nitrogens is 2. The predicted octanol–water partition coefficient (Wildman–Crippen LogP) is 2.63. The first-order valence-electron chi connectivity index (χ1n) is 11.4. The van der Waals surface area contributed by atoms with E-state index in [0.717, 1.165) is 25.0 Å². The summed E-state index contributed by atoms with van der Waals surface area (Å²) in [6, 6.07) is -0.794. The fraction of sp³-hybridized carbons (Fsp3) is 0.739. The number of nitrogens with one attached hydrogen (secondary N) is 2. The highest BCUT2D eigenvalue weighted by Gasteiger charge is 2.54. The first-order valence-corrected chi connectivity index (χ1v) is 11.4. The molecule has 0 saturated heterocycles. The number of esters is 1. The fourth-order valence-corrected chi connectivity index (χ4v) is 6.31. The van der Waals surface area contributed by atoms with Gasteiger partial charge in [0.15, 0.2) is 6.10 Å². The van der Waals surface area contributed by atoms with E-state index in [0.29, 0.717) is 29.1 Å². The molecule has 4 aliphatic rings. The van der Waals surface area contributed by atoms with E-state index in [9.17, 15) is 14.4 Å². The summed E-state index contributed by atoms with van der Waals surface area (Å²) >= 11 is 0. The SMILES string of the molecule is Cc1nn(C)c(C)c1NC(=O)[C@H](C)OC(=O)[C@H](C)NC(=O)C12CC3CC(CC(C3)C1)C2. The van der Waals surface area contributed by atoms with Gasteiger partial charge >= 0.3 is 5.97 Å². The summed E-state index contributed by atoms with van der Waals surface area (Å²) in [5, 5.41) is 9.95. The molecule has 8 heteroatoms. The van der Waals surface area contributed by atoms with Crippen LogP contribution in [0.5, 0.6) is 0 Å². The molecule has 1 aromatic heterocycles. The standard InChI is InChI=1S/C23H34N4O4/c1-12-19(14(3)27(5)26-12)25-20(28)15(4)31-21(29)13(2)24-22(30)23-9-16-6-17(10-23)8-18(7-16)11-23/h13,15-18H,6-11H2,1-5H3,(H,24,30)(H,25,28)/t13-,15-,16?,17?,18?,23?/m0/s1. The lowest BCUT2D eigenvalue weighted by Crippen LogP contribution is -2.56. The third-order valence-electron chi connectivity index (χ3n) is 7.64. The lowest BCUT2D eigenvalue weighted by Gasteiger charge is -2.55. The van der Waals surface area contributed by atoms with E-state index in [-0.39, 0.29) is 11.3 Å². The van der Waals surface area contributed by atoms with Gasteiger partial charge in [-0.3, -0.25) is 14.3 Å². The number of nitrogens with zero attached hydrogens (tertiary/aromatic N) is 2. The minimum absolute atomic E-state index is 0.0187. The van der Waals surface area contributed by atoms with Crippen molar-refractivity contribution in [2.24, 2.45) is 30.2 Å². The molecule has 1 heterocycles. The van der Waals surface area contributed by atoms with E-state index in [1.54, 1.807) is 25.6 Å². The van der Waals surface area contributed by atoms with Gasteiger partial charge in [-0.1, -0.05) is 0 Å². The molecule has 8 nitrogen and oxygen atoms in total. The van der Waals surface area contributed by atoms with E-state index in [2.05, 4.69) is 15.7 Å². The number of carbonyl (C=O) groups excluding carboxylic acids is 3. The van der Waals surface area contributed by atoms with Crippen molar-refractivity contribution in [1.82, 2.24) is 15.1 Å². The normalized spacial score (nSPS) is 30.5. The molecular formula is C23H34N4O4. The van der Waals surface area contributed by atoms with Crippen LogP contribution < -0.4 is 10.6 Å². The minimum atomic E-state index is -0.981. The molecule has 31 heavy (non-hydrogen) atoms. The molecule has 0 radical (unpaired) electrons. The number of hydrogen-bond donors (Lipinski definition) is 2. The molecule has 0 aromatic carbocycles. The largest absolute Gasteiger partial charge is 0.451 e. The number of anilines is 1. The van der Waals surface area contributed by atoms with Gasteiger partial charge in [-0.05, 0) is 84.0 Å². The molecule has 0 unspecified atom stereocenters. The van der Waals surface area contributed by atoms with Crippen LogP contribution in [0.25, 0.3) is 0 Å². The summed E-state index contributed by atoms with van der Waals surface area (Å²) in [5.41, 5.74) is 1.82. The molecule has 4 saturated carbocycles. The molecule has 5 rings (SSSR count). The van der Waals surface area contributed by atoms with E-state index in [4.69, 9.17) is 4.74 Å². The van der Waals surface area contributed by atoms with Gasteiger partial charge in [0, 0.05) is 12.5 Å². The van der Waals surface area contributed by atoms with E-state index in [1.165, 1.54) is 26.2 Å². The number of rotatable bonds is 6. The molecule has 2 N–H and O–H groups in total. The zero-order valence-corrected chi connectivity index (χ0v) is 19.2. The summed E-state index contributed by atoms with van der Waals surface area (Å²) in [6.07, 6.45) is 5.61. The highest BCUT2D eigenvalue weighted by atomic mass is 16.5. The predicted molar refractivity (Wildman–Crippen MR) is 115 cm³/mol. The zero-order chi connectivity index (χ0) is 22.5. The highest BCUT2D eigenvalue weighted by molar-refractivity contribution is 5.96. The monoisotopic (exact) mass is 430 g/mol. The topological polar surface area (TPSA) is 102 Å². The van der Waals surface area contributed by atoms with Crippen molar-refractivity contribution in [3.8, 4) is 0 Å². The molecule has 1 aromatic rings. The maximum atomic E-state index is 13.1. The quantitative estimate of drug-likeness (QED) is 0.676. The second-order valence-electron chi connectivity index (χ2n) is 10.1. The van der Waals surface area contributed by atoms with Crippen LogP contribution in [0.3, 0.4) is 0 Å². The van der Waals surface area contributed by atoms with Crippen molar-refractivity contribution >= 4 is 23.5 Å². The zero-order valence-electron chi connectivity index (χ0n) is 19.2. The third-order valence-corrected chi connectivity index (χ3v) is 7.64. The van der Waals surface area contributed by atoms with Crippen LogP contribution in [-0.4, -0.2) is 39.7 Å². The van der Waals surface area contributed by atoms with Crippen molar-refractivity contribution in [1.29, 1.82) is 0 Å². The summed E-state index contributed by atoms with van der Waals surface area (Å²) < 4.78 is 7.04. The number of aryl methyl sites for hydroxylation is 2. The molecule has 4 bridgehead atoms. The van der Waals surface area contributed by atoms with Crippen molar-refractivity contribution in [2.45, 2.75) is 78.4 Å². The molecule has 4 aliphatic carbocycles. The average molecular weight is 431 g/mol. The fourth-order valence-electron chi connectivity index (χ4n) is 6.31. The molecule has 2 amide bonds. The molecule has 4 fully saturated rings. The molecule has 0 spiro atoms. The molecule has 2 atom stereocenters. The Labute approximate surface area is 183 Å². The Balaban J connectivity index is 1.32. The van der Waals surface area contributed by atoms with Gasteiger partial charge in [0.25, 0.3) is 5.91 Å². The lowest BCUT2D eigenvalue weighted by atomic mass is 9.49. The van der Waals surface area contributed by atoms with Crippen molar-refractivity contribution in [2.75, 3.05) is 5.32 Å². The summed E-state index contributed by atoms with van der Waals surface area (Å²) in [7, 11) is 1.80. The first kappa shape index (κ1) is 21.8. The number of amides is 2. The molecule has 0 aliphatic heterocycles. The van der Waals surface area contributed by atoms with Gasteiger partial charge in [0.05, 0.1) is 17.1 Å². The van der Waals surface area contributed by atoms with E-state index >= 15 is 0 Å². The van der Waals surface area contributed by atoms with Gasteiger partial charge in [0.2, 0.25) is 5.91 Å². The number of ether oxygens (including phenoxy) is 1. The van der Waals surface area contributed by atoms with Crippen molar-refractivity contribution in [3.05, 3.63) is 11.4 Å². The number of hydrogen-bond acceptors (Lipinski definition) is 5. The Morgan fingerprint density at radius 3 is 2.10 bits per heavy atom. The maximum Gasteiger partial charge on any atom is 0.329 e. The molecule has 170 valence electrons. The van der Waals surface area contributed by atoms with Gasteiger partial charge in [-0.25, -0.2) is 4.79 Å². The van der Waals surface area contributed by atoms with Crippen LogP contribution in [0.15, 0.2) is 0 Å². The summed E-state index contributed by atoms with van der Waals surface area (Å²) in [6.45, 7) is 6.82. The first-order chi connectivity index (χ1) is 14.6. The van der Waals surface area contributed by atoms with Crippen molar-refractivity contribution in [3.63, 3.8) is 0 Å². The molecular weight excluding hydrogens is 396 g/mol. The second kappa shape index (κ2) is 7.95. The Kier molecular flexibility index (Phi) is 5.60. The maximum absolute atomic E-state index is 13.1. The number of carbonyl (C=O) groups is 3. The summed E-state index contributed by atoms with van der Waals surface area (Å²) in [4.78, 5) is 38.2.